The van der Waals surface area contributed by atoms with Crippen molar-refractivity contribution in [1.29, 1.82) is 0 Å². The maximum absolute atomic E-state index is 15.3. The highest BCUT2D eigenvalue weighted by Gasteiger charge is 2.66. The van der Waals surface area contributed by atoms with Gasteiger partial charge in [0.1, 0.15) is 5.54 Å². The normalized spacial score (nSPS) is 20.0. The second kappa shape index (κ2) is 9.35. The smallest absolute Gasteiger partial charge is 0.308 e. The van der Waals surface area contributed by atoms with E-state index >= 15 is 4.79 Å². The summed E-state index contributed by atoms with van der Waals surface area (Å²) in [4.78, 5) is 30.3. The Morgan fingerprint density at radius 1 is 0.600 bits per heavy atom. The fourth-order valence-corrected chi connectivity index (χ4v) is 6.71. The molecule has 2 heterocycles. The zero-order valence-corrected chi connectivity index (χ0v) is 21.8. The highest BCUT2D eigenvalue weighted by molar-refractivity contribution is 6.12. The molecule has 0 aromatic heterocycles. The number of rotatable bonds is 5. The van der Waals surface area contributed by atoms with E-state index in [1.54, 1.807) is 0 Å². The SMILES string of the molecule is O=C1C[C@@H](c2ccccc2)[C@]2(O1)C(=O)N(C(c1ccccc1)(c1ccccc1)c1ccccc1)c1ccccc12. The second-order valence-electron chi connectivity index (χ2n) is 10.3. The Labute approximate surface area is 233 Å². The van der Waals surface area contributed by atoms with Crippen LogP contribution in [0.15, 0.2) is 146 Å². The molecule has 2 aliphatic heterocycles. The van der Waals surface area contributed by atoms with Crippen molar-refractivity contribution < 1.29 is 14.3 Å². The van der Waals surface area contributed by atoms with Gasteiger partial charge in [0.2, 0.25) is 5.60 Å². The molecule has 2 aliphatic rings. The second-order valence-corrected chi connectivity index (χ2v) is 10.3. The highest BCUT2D eigenvalue weighted by atomic mass is 16.6. The first kappa shape index (κ1) is 24.1. The number of hydrogen-bond acceptors (Lipinski definition) is 3. The average molecular weight is 522 g/mol. The summed E-state index contributed by atoms with van der Waals surface area (Å²) in [6.07, 6.45) is 0.132. The molecule has 4 nitrogen and oxygen atoms in total. The van der Waals surface area contributed by atoms with Crippen LogP contribution < -0.4 is 4.90 Å². The number of carbonyl (C=O) groups excluding carboxylic acids is 2. The molecule has 1 spiro atoms. The number of hydrogen-bond donors (Lipinski definition) is 0. The van der Waals surface area contributed by atoms with Crippen molar-refractivity contribution >= 4 is 17.6 Å². The molecule has 0 radical (unpaired) electrons. The molecule has 0 N–H and O–H groups in total. The molecule has 1 fully saturated rings. The number of benzene rings is 5. The molecular weight excluding hydrogens is 494 g/mol. The summed E-state index contributed by atoms with van der Waals surface area (Å²) >= 11 is 0. The van der Waals surface area contributed by atoms with E-state index in [-0.39, 0.29) is 18.3 Å². The molecule has 4 heteroatoms. The van der Waals surface area contributed by atoms with E-state index in [1.165, 1.54) is 0 Å². The molecule has 0 saturated carbocycles. The van der Waals surface area contributed by atoms with Crippen molar-refractivity contribution in [3.63, 3.8) is 0 Å². The van der Waals surface area contributed by atoms with Gasteiger partial charge in [0.15, 0.2) is 0 Å². The van der Waals surface area contributed by atoms with Crippen LogP contribution in [0.1, 0.15) is 40.2 Å². The molecule has 1 amide bonds. The fourth-order valence-electron chi connectivity index (χ4n) is 6.71. The van der Waals surface area contributed by atoms with Gasteiger partial charge in [0.25, 0.3) is 5.91 Å². The summed E-state index contributed by atoms with van der Waals surface area (Å²) < 4.78 is 6.22. The lowest BCUT2D eigenvalue weighted by molar-refractivity contribution is -0.158. The molecule has 0 bridgehead atoms. The van der Waals surface area contributed by atoms with Gasteiger partial charge in [-0.1, -0.05) is 140 Å². The van der Waals surface area contributed by atoms with Gasteiger partial charge in [-0.05, 0) is 28.3 Å². The molecule has 7 rings (SSSR count). The topological polar surface area (TPSA) is 46.6 Å². The first-order valence-corrected chi connectivity index (χ1v) is 13.5. The predicted octanol–water partition coefficient (Wildman–Crippen LogP) is 6.95. The quantitative estimate of drug-likeness (QED) is 0.186. The van der Waals surface area contributed by atoms with Crippen LogP contribution in [-0.4, -0.2) is 11.9 Å². The Morgan fingerprint density at radius 3 is 1.57 bits per heavy atom. The first-order valence-electron chi connectivity index (χ1n) is 13.5. The van der Waals surface area contributed by atoms with Crippen LogP contribution in [0.5, 0.6) is 0 Å². The standard InChI is InChI=1S/C36H27NO3/c38-33-25-31(26-15-5-1-6-16-26)36(40-33)30-23-13-14-24-32(30)37(34(36)39)35(27-17-7-2-8-18-27,28-19-9-3-10-20-28)29-21-11-4-12-22-29/h1-24,31H,25H2/t31-,36-/m0/s1. The number of amides is 1. The van der Waals surface area contributed by atoms with Gasteiger partial charge in [0, 0.05) is 11.5 Å². The Kier molecular flexibility index (Phi) is 5.64. The van der Waals surface area contributed by atoms with Crippen molar-refractivity contribution in [3.05, 3.63) is 173 Å². The van der Waals surface area contributed by atoms with E-state index in [4.69, 9.17) is 4.74 Å². The average Bonchev–Trinajstić information content (AvgIpc) is 3.50. The number of carbonyl (C=O) groups is 2. The summed E-state index contributed by atoms with van der Waals surface area (Å²) in [5.41, 5.74) is 2.67. The van der Waals surface area contributed by atoms with Crippen LogP contribution >= 0.6 is 0 Å². The number of fused-ring (bicyclic) bond motifs is 2. The molecule has 1 saturated heterocycles. The van der Waals surface area contributed by atoms with E-state index < -0.39 is 17.1 Å². The number of para-hydroxylation sites is 1. The largest absolute Gasteiger partial charge is 0.443 e. The minimum absolute atomic E-state index is 0.132. The number of nitrogens with zero attached hydrogens (tertiary/aromatic N) is 1. The van der Waals surface area contributed by atoms with Gasteiger partial charge in [-0.2, -0.15) is 0 Å². The Bertz CT molecular complexity index is 1590. The van der Waals surface area contributed by atoms with Crippen LogP contribution in [0.3, 0.4) is 0 Å². The Hall–Kier alpha value is -4.96. The van der Waals surface area contributed by atoms with Crippen LogP contribution in [0, 0.1) is 0 Å². The van der Waals surface area contributed by atoms with E-state index in [2.05, 4.69) is 36.4 Å². The lowest BCUT2D eigenvalue weighted by Crippen LogP contribution is -2.54. The fraction of sp³-hybridized carbons (Fsp3) is 0.111. The molecular formula is C36H27NO3. The van der Waals surface area contributed by atoms with Gasteiger partial charge < -0.3 is 4.74 Å². The molecule has 5 aromatic rings. The summed E-state index contributed by atoms with van der Waals surface area (Å²) in [7, 11) is 0. The lowest BCUT2D eigenvalue weighted by Gasteiger charge is -2.44. The maximum atomic E-state index is 15.3. The highest BCUT2D eigenvalue weighted by Crippen LogP contribution is 2.59. The summed E-state index contributed by atoms with van der Waals surface area (Å²) in [6, 6.07) is 47.9. The third-order valence-corrected chi connectivity index (χ3v) is 8.31. The molecule has 5 aromatic carbocycles. The Balaban J connectivity index is 1.58. The van der Waals surface area contributed by atoms with E-state index in [9.17, 15) is 4.79 Å². The van der Waals surface area contributed by atoms with Gasteiger partial charge in [-0.25, -0.2) is 0 Å². The molecule has 0 unspecified atom stereocenters. The third kappa shape index (κ3) is 3.32. The van der Waals surface area contributed by atoms with Crippen molar-refractivity contribution in [2.75, 3.05) is 4.90 Å². The summed E-state index contributed by atoms with van der Waals surface area (Å²) in [6.45, 7) is 0. The molecule has 40 heavy (non-hydrogen) atoms. The minimum atomic E-state index is -1.47. The monoisotopic (exact) mass is 521 g/mol. The van der Waals surface area contributed by atoms with Crippen molar-refractivity contribution in [1.82, 2.24) is 0 Å². The third-order valence-electron chi connectivity index (χ3n) is 8.31. The minimum Gasteiger partial charge on any atom is -0.443 e. The number of anilines is 1. The van der Waals surface area contributed by atoms with E-state index in [0.717, 1.165) is 27.9 Å². The summed E-state index contributed by atoms with van der Waals surface area (Å²) in [5.74, 6) is -1.08. The van der Waals surface area contributed by atoms with E-state index in [1.807, 2.05) is 114 Å². The molecule has 194 valence electrons. The summed E-state index contributed by atoms with van der Waals surface area (Å²) in [5, 5.41) is 0. The lowest BCUT2D eigenvalue weighted by atomic mass is 9.74. The molecule has 2 atom stereocenters. The van der Waals surface area contributed by atoms with Crippen molar-refractivity contribution in [2.24, 2.45) is 0 Å². The van der Waals surface area contributed by atoms with E-state index in [0.29, 0.717) is 5.56 Å². The van der Waals surface area contributed by atoms with Crippen LogP contribution in [0.25, 0.3) is 0 Å². The number of esters is 1. The van der Waals surface area contributed by atoms with Crippen LogP contribution in [0.4, 0.5) is 5.69 Å². The van der Waals surface area contributed by atoms with Crippen molar-refractivity contribution in [2.45, 2.75) is 23.5 Å². The van der Waals surface area contributed by atoms with Gasteiger partial charge in [0.05, 0.1) is 12.1 Å². The predicted molar refractivity (Wildman–Crippen MR) is 155 cm³/mol. The van der Waals surface area contributed by atoms with Crippen LogP contribution in [-0.2, 0) is 25.5 Å². The van der Waals surface area contributed by atoms with Gasteiger partial charge in [-0.3, -0.25) is 14.5 Å². The zero-order chi connectivity index (χ0) is 27.2. The van der Waals surface area contributed by atoms with Crippen LogP contribution in [0.2, 0.25) is 0 Å². The number of ether oxygens (including phenoxy) is 1. The zero-order valence-electron chi connectivity index (χ0n) is 21.8. The molecule has 0 aliphatic carbocycles. The Morgan fingerprint density at radius 2 is 1.05 bits per heavy atom. The van der Waals surface area contributed by atoms with Crippen molar-refractivity contribution in [3.8, 4) is 0 Å². The van der Waals surface area contributed by atoms with Gasteiger partial charge in [-0.15, -0.1) is 0 Å². The first-order chi connectivity index (χ1) is 19.7. The maximum Gasteiger partial charge on any atom is 0.308 e. The van der Waals surface area contributed by atoms with Gasteiger partial charge >= 0.3 is 5.97 Å².